The first-order chi connectivity index (χ1) is 11.4. The fraction of sp³-hybridized carbons (Fsp3) is 0.667. The Hall–Kier alpha value is -1.24. The van der Waals surface area contributed by atoms with E-state index in [1.807, 2.05) is 0 Å². The summed E-state index contributed by atoms with van der Waals surface area (Å²) >= 11 is 0. The topological polar surface area (TPSA) is 40.2 Å². The Balaban J connectivity index is 1.77. The Morgan fingerprint density at radius 2 is 1.62 bits per heavy atom. The van der Waals surface area contributed by atoms with Crippen molar-refractivity contribution in [1.82, 2.24) is 0 Å². The van der Waals surface area contributed by atoms with Gasteiger partial charge < -0.3 is 23.7 Å². The number of anilines is 1. The third-order valence-electron chi connectivity index (χ3n) is 5.74. The van der Waals surface area contributed by atoms with Crippen LogP contribution in [0.2, 0.25) is 0 Å². The first-order valence-electron chi connectivity index (χ1n) is 8.86. The fourth-order valence-electron chi connectivity index (χ4n) is 3.59. The summed E-state index contributed by atoms with van der Waals surface area (Å²) < 4.78 is 24.0. The quantitative estimate of drug-likeness (QED) is 0.773. The zero-order valence-electron chi connectivity index (χ0n) is 15.1. The zero-order chi connectivity index (χ0) is 16.9. The summed E-state index contributed by atoms with van der Waals surface area (Å²) in [5.74, 6) is 0.969. The normalized spacial score (nSPS) is 24.8. The largest absolute Gasteiger partial charge is 0.497 e. The molecule has 0 amide bonds. The number of rotatable bonds is 2. The maximum atomic E-state index is 6.37. The third-order valence-corrected chi connectivity index (χ3v) is 5.74. The Labute approximate surface area is 144 Å². The van der Waals surface area contributed by atoms with E-state index < -0.39 is 0 Å². The summed E-state index contributed by atoms with van der Waals surface area (Å²) in [5.41, 5.74) is 2.88. The monoisotopic (exact) mass is 331 g/mol. The number of benzene rings is 1. The molecular formula is C18H26BNO4. The van der Waals surface area contributed by atoms with Crippen molar-refractivity contribution in [1.29, 1.82) is 0 Å². The van der Waals surface area contributed by atoms with Crippen molar-refractivity contribution >= 4 is 18.3 Å². The predicted molar refractivity (Wildman–Crippen MR) is 94.4 cm³/mol. The van der Waals surface area contributed by atoms with Crippen LogP contribution in [0.5, 0.6) is 5.75 Å². The van der Waals surface area contributed by atoms with Gasteiger partial charge in [-0.2, -0.15) is 0 Å². The maximum Gasteiger partial charge on any atom is 0.497 e. The molecule has 0 aromatic heterocycles. The van der Waals surface area contributed by atoms with Gasteiger partial charge in [0.25, 0.3) is 0 Å². The van der Waals surface area contributed by atoms with Crippen molar-refractivity contribution in [3.63, 3.8) is 0 Å². The molecule has 3 aliphatic rings. The number of morpholine rings is 1. The van der Waals surface area contributed by atoms with Gasteiger partial charge in [-0.05, 0) is 45.4 Å². The molecule has 1 aromatic carbocycles. The van der Waals surface area contributed by atoms with Crippen LogP contribution in [0.3, 0.4) is 0 Å². The van der Waals surface area contributed by atoms with Gasteiger partial charge in [0.1, 0.15) is 5.75 Å². The van der Waals surface area contributed by atoms with Gasteiger partial charge in [-0.15, -0.1) is 0 Å². The van der Waals surface area contributed by atoms with Gasteiger partial charge in [0.2, 0.25) is 0 Å². The van der Waals surface area contributed by atoms with Crippen LogP contribution >= 0.6 is 0 Å². The molecule has 130 valence electrons. The lowest BCUT2D eigenvalue weighted by Gasteiger charge is -2.32. The molecule has 2 saturated heterocycles. The van der Waals surface area contributed by atoms with Crippen molar-refractivity contribution < 1.29 is 18.8 Å². The van der Waals surface area contributed by atoms with E-state index >= 15 is 0 Å². The molecule has 0 unspecified atom stereocenters. The Kier molecular flexibility index (Phi) is 3.82. The number of nitrogens with zero attached hydrogens (tertiary/aromatic N) is 1. The van der Waals surface area contributed by atoms with E-state index in [2.05, 4.69) is 44.7 Å². The highest BCUT2D eigenvalue weighted by Crippen LogP contribution is 2.39. The zero-order valence-corrected chi connectivity index (χ0v) is 15.1. The van der Waals surface area contributed by atoms with Gasteiger partial charge in [-0.1, -0.05) is 0 Å². The van der Waals surface area contributed by atoms with Crippen molar-refractivity contribution in [2.24, 2.45) is 0 Å². The minimum Gasteiger partial charge on any atom is -0.493 e. The van der Waals surface area contributed by atoms with Crippen LogP contribution in [-0.2, 0) is 20.5 Å². The first kappa shape index (κ1) is 16.2. The predicted octanol–water partition coefficient (Wildman–Crippen LogP) is 1.76. The van der Waals surface area contributed by atoms with E-state index in [1.165, 1.54) is 11.3 Å². The highest BCUT2D eigenvalue weighted by atomic mass is 16.7. The molecule has 0 bridgehead atoms. The number of hydrogen-bond acceptors (Lipinski definition) is 5. The number of hydrogen-bond donors (Lipinski definition) is 0. The Morgan fingerprint density at radius 3 is 2.29 bits per heavy atom. The average Bonchev–Trinajstić information content (AvgIpc) is 3.09. The van der Waals surface area contributed by atoms with Gasteiger partial charge in [0.15, 0.2) is 0 Å². The summed E-state index contributed by atoms with van der Waals surface area (Å²) in [7, 11) is -0.357. The Bertz CT molecular complexity index is 624. The van der Waals surface area contributed by atoms with Crippen LogP contribution in [0.1, 0.15) is 33.3 Å². The molecular weight excluding hydrogens is 305 g/mol. The first-order valence-corrected chi connectivity index (χ1v) is 8.86. The van der Waals surface area contributed by atoms with Crippen LogP contribution in [0.15, 0.2) is 12.1 Å². The number of fused-ring (bicyclic) bond motifs is 1. The SMILES string of the molecule is CC1(C)OB(c2c(N3CCOCC3)ccc3c2CCO3)OC1(C)C. The van der Waals surface area contributed by atoms with Crippen molar-refractivity contribution in [3.05, 3.63) is 17.7 Å². The van der Waals surface area contributed by atoms with E-state index in [9.17, 15) is 0 Å². The minimum absolute atomic E-state index is 0.345. The van der Waals surface area contributed by atoms with Crippen LogP contribution in [0.4, 0.5) is 5.69 Å². The molecule has 3 heterocycles. The van der Waals surface area contributed by atoms with Crippen LogP contribution in [0.25, 0.3) is 0 Å². The molecule has 5 nitrogen and oxygen atoms in total. The van der Waals surface area contributed by atoms with Crippen LogP contribution < -0.4 is 15.1 Å². The molecule has 0 radical (unpaired) electrons. The van der Waals surface area contributed by atoms with Crippen LogP contribution in [-0.4, -0.2) is 51.2 Å². The molecule has 0 aliphatic carbocycles. The second kappa shape index (κ2) is 5.65. The van der Waals surface area contributed by atoms with Gasteiger partial charge in [0, 0.05) is 30.7 Å². The molecule has 4 rings (SSSR count). The summed E-state index contributed by atoms with van der Waals surface area (Å²) in [5, 5.41) is 0. The molecule has 0 N–H and O–H groups in total. The van der Waals surface area contributed by atoms with Crippen molar-refractivity contribution in [2.75, 3.05) is 37.8 Å². The number of ether oxygens (including phenoxy) is 2. The molecule has 2 fully saturated rings. The highest BCUT2D eigenvalue weighted by molar-refractivity contribution is 6.64. The summed E-state index contributed by atoms with van der Waals surface area (Å²) in [6, 6.07) is 4.23. The van der Waals surface area contributed by atoms with Gasteiger partial charge in [0.05, 0.1) is 31.0 Å². The van der Waals surface area contributed by atoms with Crippen LogP contribution in [0, 0.1) is 0 Å². The highest BCUT2D eigenvalue weighted by Gasteiger charge is 2.53. The lowest BCUT2D eigenvalue weighted by molar-refractivity contribution is 0.00578. The maximum absolute atomic E-state index is 6.37. The lowest BCUT2D eigenvalue weighted by atomic mass is 9.73. The van der Waals surface area contributed by atoms with Gasteiger partial charge in [-0.25, -0.2) is 0 Å². The lowest BCUT2D eigenvalue weighted by Crippen LogP contribution is -2.45. The molecule has 24 heavy (non-hydrogen) atoms. The van der Waals surface area contributed by atoms with Crippen molar-refractivity contribution in [2.45, 2.75) is 45.3 Å². The van der Waals surface area contributed by atoms with E-state index in [0.29, 0.717) is 0 Å². The second-order valence-electron chi connectivity index (χ2n) is 7.76. The molecule has 0 atom stereocenters. The summed E-state index contributed by atoms with van der Waals surface area (Å²) in [6.45, 7) is 12.4. The molecule has 1 aromatic rings. The minimum atomic E-state index is -0.357. The summed E-state index contributed by atoms with van der Waals surface area (Å²) in [4.78, 5) is 2.38. The molecule has 6 heteroatoms. The fourth-order valence-corrected chi connectivity index (χ4v) is 3.59. The van der Waals surface area contributed by atoms with Crippen molar-refractivity contribution in [3.8, 4) is 5.75 Å². The third kappa shape index (κ3) is 2.52. The second-order valence-corrected chi connectivity index (χ2v) is 7.76. The molecule has 3 aliphatic heterocycles. The van der Waals surface area contributed by atoms with E-state index in [4.69, 9.17) is 18.8 Å². The van der Waals surface area contributed by atoms with Gasteiger partial charge >= 0.3 is 7.12 Å². The average molecular weight is 331 g/mol. The smallest absolute Gasteiger partial charge is 0.493 e. The molecule has 0 spiro atoms. The van der Waals surface area contributed by atoms with Gasteiger partial charge in [-0.3, -0.25) is 0 Å². The summed E-state index contributed by atoms with van der Waals surface area (Å²) in [6.07, 6.45) is 0.910. The van der Waals surface area contributed by atoms with E-state index in [0.717, 1.165) is 50.5 Å². The standard InChI is InChI=1S/C18H26BNO4/c1-17(2)18(3,4)24-19(23-17)16-13-7-10-22-15(13)6-5-14(16)20-8-11-21-12-9-20/h5-6H,7-12H2,1-4H3. The Morgan fingerprint density at radius 1 is 0.958 bits per heavy atom. The molecule has 0 saturated carbocycles. The van der Waals surface area contributed by atoms with E-state index in [1.54, 1.807) is 0 Å². The van der Waals surface area contributed by atoms with E-state index in [-0.39, 0.29) is 18.3 Å².